The Morgan fingerprint density at radius 1 is 1.39 bits per heavy atom. The Kier molecular flexibility index (Phi) is 4.03. The first kappa shape index (κ1) is 13.5. The number of rotatable bonds is 3. The summed E-state index contributed by atoms with van der Waals surface area (Å²) in [6, 6.07) is 6.93. The zero-order valence-corrected chi connectivity index (χ0v) is 11.4. The van der Waals surface area contributed by atoms with Crippen LogP contribution in [0.5, 0.6) is 0 Å². The highest BCUT2D eigenvalue weighted by molar-refractivity contribution is 5.21. The van der Waals surface area contributed by atoms with E-state index < -0.39 is 0 Å². The maximum atomic E-state index is 13.3. The van der Waals surface area contributed by atoms with E-state index in [1.165, 1.54) is 6.07 Å². The van der Waals surface area contributed by atoms with Crippen molar-refractivity contribution in [2.24, 2.45) is 0 Å². The lowest BCUT2D eigenvalue weighted by molar-refractivity contribution is -0.139. The lowest BCUT2D eigenvalue weighted by Gasteiger charge is -2.44. The van der Waals surface area contributed by atoms with E-state index in [0.29, 0.717) is 0 Å². The summed E-state index contributed by atoms with van der Waals surface area (Å²) in [5.41, 5.74) is 0.796. The van der Waals surface area contributed by atoms with Crippen molar-refractivity contribution in [3.05, 3.63) is 35.6 Å². The van der Waals surface area contributed by atoms with Gasteiger partial charge in [-0.3, -0.25) is 0 Å². The van der Waals surface area contributed by atoms with Crippen molar-refractivity contribution in [1.29, 1.82) is 0 Å². The van der Waals surface area contributed by atoms with Gasteiger partial charge in [0, 0.05) is 12.6 Å². The third-order valence-corrected chi connectivity index (χ3v) is 4.04. The molecule has 2 atom stereocenters. The summed E-state index contributed by atoms with van der Waals surface area (Å²) < 4.78 is 19.6. The normalized spacial score (nSPS) is 27.1. The molecule has 100 valence electrons. The van der Waals surface area contributed by atoms with Gasteiger partial charge in [0.2, 0.25) is 0 Å². The SMILES string of the molecule is CCC1(CC)CNC(C)C(c2cccc(F)c2)O1. The molecule has 0 aromatic heterocycles. The quantitative estimate of drug-likeness (QED) is 0.888. The molecule has 1 saturated heterocycles. The summed E-state index contributed by atoms with van der Waals surface area (Å²) in [7, 11) is 0. The molecule has 1 aliphatic rings. The van der Waals surface area contributed by atoms with Crippen LogP contribution in [0, 0.1) is 5.82 Å². The number of hydrogen-bond acceptors (Lipinski definition) is 2. The van der Waals surface area contributed by atoms with Gasteiger partial charge in [-0.1, -0.05) is 26.0 Å². The molecular formula is C15H22FNO. The van der Waals surface area contributed by atoms with Crippen LogP contribution in [0.1, 0.15) is 45.3 Å². The number of ether oxygens (including phenoxy) is 1. The third-order valence-electron chi connectivity index (χ3n) is 4.04. The van der Waals surface area contributed by atoms with Gasteiger partial charge in [-0.2, -0.15) is 0 Å². The van der Waals surface area contributed by atoms with Gasteiger partial charge in [0.05, 0.1) is 11.7 Å². The van der Waals surface area contributed by atoms with Gasteiger partial charge >= 0.3 is 0 Å². The fourth-order valence-electron chi connectivity index (χ4n) is 2.57. The molecule has 0 aliphatic carbocycles. The molecule has 0 amide bonds. The lowest BCUT2D eigenvalue weighted by atomic mass is 9.91. The topological polar surface area (TPSA) is 21.3 Å². The minimum Gasteiger partial charge on any atom is -0.364 e. The Morgan fingerprint density at radius 2 is 2.11 bits per heavy atom. The summed E-state index contributed by atoms with van der Waals surface area (Å²) in [6.45, 7) is 7.24. The Labute approximate surface area is 109 Å². The number of morpholine rings is 1. The van der Waals surface area contributed by atoms with Crippen molar-refractivity contribution in [3.8, 4) is 0 Å². The summed E-state index contributed by atoms with van der Waals surface area (Å²) in [6.07, 6.45) is 1.86. The van der Waals surface area contributed by atoms with Crippen LogP contribution in [0.25, 0.3) is 0 Å². The van der Waals surface area contributed by atoms with Crippen LogP contribution in [0.3, 0.4) is 0 Å². The molecule has 2 unspecified atom stereocenters. The van der Waals surface area contributed by atoms with Gasteiger partial charge in [0.1, 0.15) is 5.82 Å². The van der Waals surface area contributed by atoms with E-state index in [-0.39, 0.29) is 23.6 Å². The third kappa shape index (κ3) is 2.57. The number of hydrogen-bond donors (Lipinski definition) is 1. The Balaban J connectivity index is 2.25. The van der Waals surface area contributed by atoms with Crippen molar-refractivity contribution in [2.75, 3.05) is 6.54 Å². The first-order valence-electron chi connectivity index (χ1n) is 6.77. The van der Waals surface area contributed by atoms with Gasteiger partial charge < -0.3 is 10.1 Å². The monoisotopic (exact) mass is 251 g/mol. The Morgan fingerprint density at radius 3 is 2.72 bits per heavy atom. The molecule has 1 aliphatic heterocycles. The fourth-order valence-corrected chi connectivity index (χ4v) is 2.57. The van der Waals surface area contributed by atoms with Crippen molar-refractivity contribution in [1.82, 2.24) is 5.32 Å². The predicted molar refractivity (Wildman–Crippen MR) is 71.0 cm³/mol. The summed E-state index contributed by atoms with van der Waals surface area (Å²) in [5.74, 6) is -0.201. The largest absolute Gasteiger partial charge is 0.364 e. The standard InChI is InChI=1S/C15H22FNO/c1-4-15(5-2)10-17-11(3)14(18-15)12-7-6-8-13(16)9-12/h6-9,11,14,17H,4-5,10H2,1-3H3. The van der Waals surface area contributed by atoms with Crippen molar-refractivity contribution in [3.63, 3.8) is 0 Å². The van der Waals surface area contributed by atoms with E-state index in [9.17, 15) is 4.39 Å². The fraction of sp³-hybridized carbons (Fsp3) is 0.600. The van der Waals surface area contributed by atoms with E-state index in [2.05, 4.69) is 26.1 Å². The lowest BCUT2D eigenvalue weighted by Crippen LogP contribution is -2.54. The van der Waals surface area contributed by atoms with E-state index in [1.54, 1.807) is 12.1 Å². The Bertz CT molecular complexity index is 403. The molecule has 0 saturated carbocycles. The zero-order chi connectivity index (χ0) is 13.2. The van der Waals surface area contributed by atoms with Gasteiger partial charge in [-0.05, 0) is 37.5 Å². The predicted octanol–water partition coefficient (Wildman–Crippen LogP) is 3.43. The van der Waals surface area contributed by atoms with E-state index in [0.717, 1.165) is 24.9 Å². The summed E-state index contributed by atoms with van der Waals surface area (Å²) in [4.78, 5) is 0. The van der Waals surface area contributed by atoms with Crippen LogP contribution in [-0.2, 0) is 4.74 Å². The number of benzene rings is 1. The van der Waals surface area contributed by atoms with Crippen LogP contribution in [0.2, 0.25) is 0 Å². The highest BCUT2D eigenvalue weighted by atomic mass is 19.1. The van der Waals surface area contributed by atoms with Gasteiger partial charge in [0.15, 0.2) is 0 Å². The first-order chi connectivity index (χ1) is 8.60. The van der Waals surface area contributed by atoms with E-state index >= 15 is 0 Å². The molecule has 0 bridgehead atoms. The molecule has 2 nitrogen and oxygen atoms in total. The second kappa shape index (κ2) is 5.37. The Hall–Kier alpha value is -0.930. The highest BCUT2D eigenvalue weighted by Crippen LogP contribution is 2.34. The maximum Gasteiger partial charge on any atom is 0.123 e. The molecule has 18 heavy (non-hydrogen) atoms. The molecule has 3 heteroatoms. The molecule has 1 N–H and O–H groups in total. The highest BCUT2D eigenvalue weighted by Gasteiger charge is 2.38. The van der Waals surface area contributed by atoms with Crippen molar-refractivity contribution in [2.45, 2.75) is 51.4 Å². The van der Waals surface area contributed by atoms with Crippen LogP contribution in [0.15, 0.2) is 24.3 Å². The van der Waals surface area contributed by atoms with E-state index in [1.807, 2.05) is 6.07 Å². The first-order valence-corrected chi connectivity index (χ1v) is 6.77. The molecule has 1 heterocycles. The van der Waals surface area contributed by atoms with Crippen LogP contribution >= 0.6 is 0 Å². The molecule has 0 spiro atoms. The van der Waals surface area contributed by atoms with E-state index in [4.69, 9.17) is 4.74 Å². The van der Waals surface area contributed by atoms with Crippen molar-refractivity contribution < 1.29 is 9.13 Å². The molecule has 2 rings (SSSR count). The molecule has 1 fully saturated rings. The maximum absolute atomic E-state index is 13.3. The smallest absolute Gasteiger partial charge is 0.123 e. The average molecular weight is 251 g/mol. The summed E-state index contributed by atoms with van der Waals surface area (Å²) in [5, 5.41) is 3.50. The van der Waals surface area contributed by atoms with Gasteiger partial charge in [-0.15, -0.1) is 0 Å². The number of halogens is 1. The van der Waals surface area contributed by atoms with Crippen LogP contribution in [-0.4, -0.2) is 18.2 Å². The minimum atomic E-state index is -0.201. The van der Waals surface area contributed by atoms with Crippen LogP contribution in [0.4, 0.5) is 4.39 Å². The van der Waals surface area contributed by atoms with Crippen molar-refractivity contribution >= 4 is 0 Å². The molecule has 1 aromatic carbocycles. The molecule has 1 aromatic rings. The summed E-state index contributed by atoms with van der Waals surface area (Å²) >= 11 is 0. The second-order valence-corrected chi connectivity index (χ2v) is 5.15. The van der Waals surface area contributed by atoms with Crippen LogP contribution < -0.4 is 5.32 Å². The second-order valence-electron chi connectivity index (χ2n) is 5.15. The molecule has 0 radical (unpaired) electrons. The average Bonchev–Trinajstić information content (AvgIpc) is 2.40. The molecular weight excluding hydrogens is 229 g/mol. The number of nitrogens with one attached hydrogen (secondary N) is 1. The zero-order valence-electron chi connectivity index (χ0n) is 11.4. The minimum absolute atomic E-state index is 0.0747. The van der Waals surface area contributed by atoms with Gasteiger partial charge in [0.25, 0.3) is 0 Å². The van der Waals surface area contributed by atoms with Gasteiger partial charge in [-0.25, -0.2) is 4.39 Å².